The molecule has 0 aromatic rings. The lowest BCUT2D eigenvalue weighted by molar-refractivity contribution is -0.870. The summed E-state index contributed by atoms with van der Waals surface area (Å²) in [5, 5.41) is 11.9. The highest BCUT2D eigenvalue weighted by Crippen LogP contribution is 2.19. The molecule has 0 aliphatic carbocycles. The lowest BCUT2D eigenvalue weighted by Crippen LogP contribution is -2.44. The minimum atomic E-state index is -1.63. The first-order valence-corrected chi connectivity index (χ1v) is 42.0. The molecule has 0 aliphatic rings. The molecule has 9 nitrogen and oxygen atoms in total. The van der Waals surface area contributed by atoms with Gasteiger partial charge in [-0.2, -0.15) is 0 Å². The molecule has 2 unspecified atom stereocenters. The Hall–Kier alpha value is -4.83. The number of hydrogen-bond donors (Lipinski definition) is 0. The van der Waals surface area contributed by atoms with E-state index in [4.69, 9.17) is 18.9 Å². The molecule has 9 heteroatoms. The molecule has 0 radical (unpaired) electrons. The molecular weight excluding hydrogens is 1250 g/mol. The van der Waals surface area contributed by atoms with Gasteiger partial charge in [0, 0.05) is 12.8 Å². The number of hydrogen-bond acceptors (Lipinski definition) is 8. The van der Waals surface area contributed by atoms with Crippen LogP contribution in [0.1, 0.15) is 361 Å². The first-order chi connectivity index (χ1) is 49.6. The van der Waals surface area contributed by atoms with Gasteiger partial charge in [0.05, 0.1) is 40.3 Å². The Morgan fingerprint density at radius 2 is 0.535 bits per heavy atom. The molecule has 0 bridgehead atoms. The van der Waals surface area contributed by atoms with Crippen LogP contribution in [0, 0.1) is 0 Å². The maximum Gasteiger partial charge on any atom is 0.306 e. The van der Waals surface area contributed by atoms with Crippen LogP contribution in [0.5, 0.6) is 0 Å². The number of carboxylic acid groups (broad SMARTS) is 1. The zero-order valence-electron chi connectivity index (χ0n) is 66.2. The number of rotatable bonds is 77. The predicted molar refractivity (Wildman–Crippen MR) is 435 cm³/mol. The number of esters is 2. The van der Waals surface area contributed by atoms with Gasteiger partial charge in [0.1, 0.15) is 13.2 Å². The second kappa shape index (κ2) is 80.8. The summed E-state index contributed by atoms with van der Waals surface area (Å²) in [6.07, 6.45) is 116. The van der Waals surface area contributed by atoms with E-state index in [0.29, 0.717) is 17.4 Å². The number of nitrogens with zero attached hydrogens (tertiary/aromatic N) is 1. The molecule has 0 spiro atoms. The van der Waals surface area contributed by atoms with Gasteiger partial charge in [-0.3, -0.25) is 9.59 Å². The summed E-state index contributed by atoms with van der Waals surface area (Å²) in [7, 11) is 5.94. The zero-order chi connectivity index (χ0) is 73.2. The van der Waals surface area contributed by atoms with Crippen LogP contribution in [0.2, 0.25) is 0 Å². The smallest absolute Gasteiger partial charge is 0.306 e. The Bertz CT molecular complexity index is 2180. The van der Waals surface area contributed by atoms with Crippen LogP contribution in [-0.4, -0.2) is 82.3 Å². The van der Waals surface area contributed by atoms with E-state index in [-0.39, 0.29) is 38.6 Å². The predicted octanol–water partition coefficient (Wildman–Crippen LogP) is 26.0. The maximum atomic E-state index is 13.0. The summed E-state index contributed by atoms with van der Waals surface area (Å²) >= 11 is 0. The van der Waals surface area contributed by atoms with Gasteiger partial charge in [0.25, 0.3) is 0 Å². The zero-order valence-corrected chi connectivity index (χ0v) is 66.2. The number of carboxylic acids is 1. The van der Waals surface area contributed by atoms with E-state index in [0.717, 1.165) is 109 Å². The number of carbonyl (C=O) groups is 3. The van der Waals surface area contributed by atoms with Gasteiger partial charge in [-0.15, -0.1) is 0 Å². The summed E-state index contributed by atoms with van der Waals surface area (Å²) in [5.41, 5.74) is 0. The molecule has 2 atom stereocenters. The Labute approximate surface area is 623 Å². The molecule has 0 aromatic carbocycles. The van der Waals surface area contributed by atoms with Crippen molar-refractivity contribution in [1.82, 2.24) is 0 Å². The van der Waals surface area contributed by atoms with E-state index in [1.807, 2.05) is 21.1 Å². The van der Waals surface area contributed by atoms with Gasteiger partial charge in [-0.1, -0.05) is 378 Å². The van der Waals surface area contributed by atoms with Crippen molar-refractivity contribution in [3.63, 3.8) is 0 Å². The minimum Gasteiger partial charge on any atom is -0.545 e. The molecule has 0 fully saturated rings. The van der Waals surface area contributed by atoms with Crippen molar-refractivity contribution in [3.05, 3.63) is 146 Å². The van der Waals surface area contributed by atoms with Crippen molar-refractivity contribution in [2.45, 2.75) is 373 Å². The summed E-state index contributed by atoms with van der Waals surface area (Å²) in [4.78, 5) is 37.7. The third-order valence-electron chi connectivity index (χ3n) is 18.1. The largest absolute Gasteiger partial charge is 0.545 e. The first kappa shape index (κ1) is 96.2. The number of aliphatic carboxylic acids is 1. The fourth-order valence-corrected chi connectivity index (χ4v) is 11.8. The van der Waals surface area contributed by atoms with Gasteiger partial charge in [-0.05, 0) is 116 Å². The van der Waals surface area contributed by atoms with E-state index < -0.39 is 24.3 Å². The fraction of sp³-hybridized carbons (Fsp3) is 0.707. The summed E-state index contributed by atoms with van der Waals surface area (Å²) in [6, 6.07) is 0. The maximum absolute atomic E-state index is 13.0. The van der Waals surface area contributed by atoms with E-state index in [1.54, 1.807) is 0 Å². The van der Waals surface area contributed by atoms with Crippen molar-refractivity contribution < 1.29 is 42.9 Å². The number of unbranched alkanes of at least 4 members (excludes halogenated alkanes) is 38. The number of ether oxygens (including phenoxy) is 4. The molecule has 0 N–H and O–H groups in total. The van der Waals surface area contributed by atoms with E-state index in [2.05, 4.69) is 160 Å². The Morgan fingerprint density at radius 1 is 0.297 bits per heavy atom. The lowest BCUT2D eigenvalue weighted by atomic mass is 10.0. The summed E-state index contributed by atoms with van der Waals surface area (Å²) in [5.74, 6) is -2.27. The van der Waals surface area contributed by atoms with Gasteiger partial charge in [0.15, 0.2) is 12.4 Å². The summed E-state index contributed by atoms with van der Waals surface area (Å²) in [6.45, 7) is 4.55. The SMILES string of the molecule is CC/C=C\C/C=C\C/C=C\C/C=C\C/C=C\C/C=C\CCCCCCCCCCCCCCCCCCCCCCCCC(=O)OC(COC(=O)CCCCCCCCCCCCCCCCCC/C=C\C/C=C\C/C=C\C/C=C\C/C=C\C/C=C\CC)COC(OCC[N+](C)(C)C)C(=O)[O-]. The van der Waals surface area contributed by atoms with Crippen molar-refractivity contribution in [1.29, 1.82) is 0 Å². The second-order valence-corrected chi connectivity index (χ2v) is 29.0. The minimum absolute atomic E-state index is 0.145. The second-order valence-electron chi connectivity index (χ2n) is 29.0. The highest BCUT2D eigenvalue weighted by atomic mass is 16.7. The average molecular weight is 1410 g/mol. The Kier molecular flexibility index (Phi) is 77.0. The van der Waals surface area contributed by atoms with Crippen LogP contribution in [0.25, 0.3) is 0 Å². The molecular formula is C92H157NO8. The standard InChI is InChI=1S/C92H157NO8/c1-6-8-10-12-14-16-18-20-22-24-26-28-30-32-34-36-38-40-42-43-44-45-46-47-49-51-53-55-57-59-61-63-65-67-69-71-73-75-77-79-81-83-90(95)101-88(87-100-92(91(96)97)98-85-84-93(3,4)5)86-99-89(94)82-80-78-76-74-72-70-68-66-64-62-60-58-56-54-52-50-48-41-39-37-35-33-31-29-27-25-23-21-19-17-15-13-11-9-7-2/h8-11,14-17,20-23,26-29,32-35,38-41,88,92H,6-7,12-13,18-19,24-25,30-31,36-37,42-87H2,1-5H3/b10-8-,11-9-,16-14-,17-15-,22-20-,23-21-,28-26-,29-27-,34-32-,35-33-,40-38-,41-39-. The monoisotopic (exact) mass is 1400 g/mol. The molecule has 0 aromatic heterocycles. The summed E-state index contributed by atoms with van der Waals surface area (Å²) < 4.78 is 22.9. The topological polar surface area (TPSA) is 111 Å². The van der Waals surface area contributed by atoms with Crippen LogP contribution < -0.4 is 5.11 Å². The molecule has 0 aliphatic heterocycles. The number of carbonyl (C=O) groups excluding carboxylic acids is 3. The molecule has 0 rings (SSSR count). The van der Waals surface area contributed by atoms with Crippen LogP contribution in [0.15, 0.2) is 146 Å². The average Bonchev–Trinajstić information content (AvgIpc) is 1.21. The van der Waals surface area contributed by atoms with Gasteiger partial charge in [-0.25, -0.2) is 0 Å². The first-order valence-electron chi connectivity index (χ1n) is 42.0. The molecule has 0 saturated carbocycles. The quantitative estimate of drug-likeness (QED) is 0.0195. The molecule has 0 amide bonds. The van der Waals surface area contributed by atoms with Crippen molar-refractivity contribution >= 4 is 17.9 Å². The van der Waals surface area contributed by atoms with Crippen LogP contribution >= 0.6 is 0 Å². The highest BCUT2D eigenvalue weighted by Gasteiger charge is 2.22. The van der Waals surface area contributed by atoms with Crippen LogP contribution in [0.4, 0.5) is 0 Å². The Morgan fingerprint density at radius 3 is 0.792 bits per heavy atom. The number of likely N-dealkylation sites (N-methyl/N-ethyl adjacent to an activating group) is 1. The Balaban J connectivity index is 3.99. The van der Waals surface area contributed by atoms with Gasteiger partial charge < -0.3 is 33.3 Å². The highest BCUT2D eigenvalue weighted by molar-refractivity contribution is 5.70. The van der Waals surface area contributed by atoms with Crippen molar-refractivity contribution in [3.8, 4) is 0 Å². The normalized spacial score (nSPS) is 13.4. The van der Waals surface area contributed by atoms with E-state index in [9.17, 15) is 19.5 Å². The van der Waals surface area contributed by atoms with E-state index in [1.165, 1.54) is 218 Å². The van der Waals surface area contributed by atoms with Gasteiger partial charge >= 0.3 is 11.9 Å². The molecule has 0 heterocycles. The van der Waals surface area contributed by atoms with E-state index >= 15 is 0 Å². The van der Waals surface area contributed by atoms with Gasteiger partial charge in [0.2, 0.25) is 0 Å². The van der Waals surface area contributed by atoms with Crippen molar-refractivity contribution in [2.24, 2.45) is 0 Å². The number of allylic oxidation sites excluding steroid dienone is 24. The fourth-order valence-electron chi connectivity index (χ4n) is 11.8. The molecule has 578 valence electrons. The molecule has 0 saturated heterocycles. The molecule has 101 heavy (non-hydrogen) atoms. The lowest BCUT2D eigenvalue weighted by Gasteiger charge is -2.26. The third kappa shape index (κ3) is 82.3. The van der Waals surface area contributed by atoms with Crippen LogP contribution in [0.3, 0.4) is 0 Å². The van der Waals surface area contributed by atoms with Crippen molar-refractivity contribution in [2.75, 3.05) is 47.5 Å². The third-order valence-corrected chi connectivity index (χ3v) is 18.1. The number of quaternary nitrogens is 1. The van der Waals surface area contributed by atoms with Crippen LogP contribution in [-0.2, 0) is 33.3 Å².